The van der Waals surface area contributed by atoms with Crippen molar-refractivity contribution >= 4 is 35.8 Å². The summed E-state index contributed by atoms with van der Waals surface area (Å²) in [4.78, 5) is 78.8. The van der Waals surface area contributed by atoms with Gasteiger partial charge in [-0.2, -0.15) is 0 Å². The van der Waals surface area contributed by atoms with Crippen LogP contribution < -0.4 is 0 Å². The fourth-order valence-corrected chi connectivity index (χ4v) is 8.78. The maximum Gasteiger partial charge on any atom is 0.342 e. The molecular weight excluding hydrogens is 664 g/mol. The second kappa shape index (κ2) is 16.0. The van der Waals surface area contributed by atoms with Crippen LogP contribution in [-0.4, -0.2) is 83.6 Å². The van der Waals surface area contributed by atoms with Crippen LogP contribution in [0, 0.1) is 17.3 Å². The molecule has 4 aliphatic rings. The summed E-state index contributed by atoms with van der Waals surface area (Å²) in [5.41, 5.74) is -3.90. The molecule has 0 radical (unpaired) electrons. The Hall–Kier alpha value is -3.48. The fraction of sp³-hybridized carbons (Fsp3) is 0.789. The number of hydrogen-bond donors (Lipinski definition) is 0. The number of carbonyl (C=O) groups is 6. The van der Waals surface area contributed by atoms with E-state index in [1.54, 1.807) is 26.8 Å². The molecule has 0 aromatic carbocycles. The lowest BCUT2D eigenvalue weighted by atomic mass is 9.52. The van der Waals surface area contributed by atoms with E-state index in [1.807, 2.05) is 13.8 Å². The number of ether oxygens (including phenoxy) is 7. The van der Waals surface area contributed by atoms with Gasteiger partial charge in [-0.15, -0.1) is 0 Å². The van der Waals surface area contributed by atoms with Crippen molar-refractivity contribution in [3.63, 3.8) is 0 Å². The number of rotatable bonds is 13. The molecule has 0 aromatic rings. The Kier molecular flexibility index (Phi) is 12.7. The van der Waals surface area contributed by atoms with E-state index in [2.05, 4.69) is 6.92 Å². The zero-order valence-corrected chi connectivity index (χ0v) is 31.6. The van der Waals surface area contributed by atoms with E-state index in [4.69, 9.17) is 33.2 Å². The van der Waals surface area contributed by atoms with E-state index in [-0.39, 0.29) is 25.7 Å². The summed E-state index contributed by atoms with van der Waals surface area (Å²) in [5, 5.41) is 0. The van der Waals surface area contributed by atoms with E-state index < -0.39 is 101 Å². The summed E-state index contributed by atoms with van der Waals surface area (Å²) >= 11 is 0. The van der Waals surface area contributed by atoms with Crippen molar-refractivity contribution in [3.8, 4) is 0 Å². The van der Waals surface area contributed by atoms with E-state index in [0.717, 1.165) is 25.7 Å². The molecule has 11 atom stereocenters. The molecule has 0 N–H and O–H groups in total. The summed E-state index contributed by atoms with van der Waals surface area (Å²) in [6.45, 7) is 14.5. The molecule has 2 aliphatic heterocycles. The van der Waals surface area contributed by atoms with Crippen molar-refractivity contribution in [2.45, 2.75) is 174 Å². The Morgan fingerprint density at radius 3 is 1.96 bits per heavy atom. The van der Waals surface area contributed by atoms with Gasteiger partial charge in [-0.25, -0.2) is 4.79 Å². The van der Waals surface area contributed by atoms with Crippen molar-refractivity contribution in [3.05, 3.63) is 11.6 Å². The highest BCUT2D eigenvalue weighted by Crippen LogP contribution is 2.66. The third kappa shape index (κ3) is 7.98. The number of carbonyl (C=O) groups excluding carboxylic acids is 6. The first-order chi connectivity index (χ1) is 24.0. The average Bonchev–Trinajstić information content (AvgIpc) is 3.62. The Bertz CT molecular complexity index is 1390. The van der Waals surface area contributed by atoms with Gasteiger partial charge in [-0.1, -0.05) is 59.0 Å². The largest absolute Gasteiger partial charge is 0.462 e. The second-order valence-electron chi connectivity index (χ2n) is 15.1. The molecule has 2 heterocycles. The molecule has 4 unspecified atom stereocenters. The lowest BCUT2D eigenvalue weighted by Gasteiger charge is -2.57. The average molecular weight is 721 g/mol. The highest BCUT2D eigenvalue weighted by molar-refractivity contribution is 5.89. The van der Waals surface area contributed by atoms with Crippen molar-refractivity contribution in [2.75, 3.05) is 0 Å². The van der Waals surface area contributed by atoms with E-state index >= 15 is 0 Å². The molecule has 13 nitrogen and oxygen atoms in total. The van der Waals surface area contributed by atoms with Gasteiger partial charge in [0.05, 0.1) is 5.41 Å². The first-order valence-electron chi connectivity index (χ1n) is 18.4. The van der Waals surface area contributed by atoms with Gasteiger partial charge in [0.1, 0.15) is 30.5 Å². The van der Waals surface area contributed by atoms with Crippen LogP contribution in [0.4, 0.5) is 0 Å². The van der Waals surface area contributed by atoms with Gasteiger partial charge < -0.3 is 33.2 Å². The van der Waals surface area contributed by atoms with Crippen molar-refractivity contribution < 1.29 is 61.9 Å². The van der Waals surface area contributed by atoms with E-state index in [0.29, 0.717) is 18.4 Å². The Balaban J connectivity index is 1.95. The highest BCUT2D eigenvalue weighted by atomic mass is 16.7. The van der Waals surface area contributed by atoms with Crippen molar-refractivity contribution in [2.24, 2.45) is 17.3 Å². The van der Waals surface area contributed by atoms with Crippen LogP contribution in [0.1, 0.15) is 127 Å². The van der Waals surface area contributed by atoms with Crippen molar-refractivity contribution in [1.82, 2.24) is 0 Å². The topological polar surface area (TPSA) is 170 Å². The molecule has 0 amide bonds. The van der Waals surface area contributed by atoms with Crippen LogP contribution in [0.5, 0.6) is 0 Å². The molecule has 2 aliphatic carbocycles. The summed E-state index contributed by atoms with van der Waals surface area (Å²) in [6.07, 6.45) is 0.559. The lowest BCUT2D eigenvalue weighted by Crippen LogP contribution is -2.68. The van der Waals surface area contributed by atoms with Gasteiger partial charge in [0.2, 0.25) is 0 Å². The minimum absolute atomic E-state index is 0.00824. The van der Waals surface area contributed by atoms with Crippen LogP contribution in [0.25, 0.3) is 0 Å². The predicted octanol–water partition coefficient (Wildman–Crippen LogP) is 5.23. The highest BCUT2D eigenvalue weighted by Gasteiger charge is 2.87. The predicted molar refractivity (Wildman–Crippen MR) is 181 cm³/mol. The Morgan fingerprint density at radius 2 is 1.37 bits per heavy atom. The molecule has 0 bridgehead atoms. The Morgan fingerprint density at radius 1 is 0.784 bits per heavy atom. The summed E-state index contributed by atoms with van der Waals surface area (Å²) in [5.74, 6) is -5.28. The monoisotopic (exact) mass is 720 g/mol. The van der Waals surface area contributed by atoms with Crippen LogP contribution >= 0.6 is 0 Å². The molecule has 1 saturated carbocycles. The quantitative estimate of drug-likeness (QED) is 0.0797. The minimum Gasteiger partial charge on any atom is -0.462 e. The molecule has 4 rings (SSSR count). The molecule has 1 spiro atoms. The van der Waals surface area contributed by atoms with Crippen LogP contribution in [0.15, 0.2) is 11.6 Å². The zero-order chi connectivity index (χ0) is 37.9. The SMILES string of the molecule is CCCCCCCC(=O)O[C@H]1CC(OC(C)=O)[C@@]2(C)C([C@H]1C)[C@H](OC(C)=O)C13O[C@]1(C)C(=O)OC3/C=C(/C)C[C@H](OC(=O)CCC)[C@@H]2OC(C)=O. The van der Waals surface area contributed by atoms with E-state index in [9.17, 15) is 28.8 Å². The summed E-state index contributed by atoms with van der Waals surface area (Å²) in [6, 6.07) is 0. The number of epoxide rings is 1. The molecule has 3 fully saturated rings. The van der Waals surface area contributed by atoms with Crippen molar-refractivity contribution in [1.29, 1.82) is 0 Å². The normalized spacial score (nSPS) is 37.9. The van der Waals surface area contributed by atoms with Gasteiger partial charge in [-0.3, -0.25) is 24.0 Å². The molecule has 13 heteroatoms. The van der Waals surface area contributed by atoms with Crippen LogP contribution in [0.2, 0.25) is 0 Å². The second-order valence-corrected chi connectivity index (χ2v) is 15.1. The molecule has 286 valence electrons. The molecule has 51 heavy (non-hydrogen) atoms. The number of esters is 6. The summed E-state index contributed by atoms with van der Waals surface area (Å²) in [7, 11) is 0. The molecule has 0 aromatic heterocycles. The fourth-order valence-electron chi connectivity index (χ4n) is 8.78. The van der Waals surface area contributed by atoms with Crippen LogP contribution in [-0.2, 0) is 61.9 Å². The zero-order valence-electron chi connectivity index (χ0n) is 31.6. The number of hydrogen-bond acceptors (Lipinski definition) is 13. The number of unbranched alkanes of at least 4 members (excludes halogenated alkanes) is 4. The molecule has 2 saturated heterocycles. The standard InChI is InChI=1S/C38H56O13/c1-10-12-13-14-15-17-31(43)48-26-20-28(45-23(5)39)36(8)32(22(26)4)34(47-25(7)41)38-29(50-35(44)37(38,9)51-38)19-21(3)18-27(33(36)46-24(6)40)49-30(42)16-11-2/h19,22,26-29,32-34H,10-18,20H2,1-9H3/b21-19-/t22-,26-,27-,28?,29?,32?,33-,34-,36-,37+,38?/m0/s1. The smallest absolute Gasteiger partial charge is 0.342 e. The number of fused-ring (bicyclic) bond motifs is 1. The van der Waals surface area contributed by atoms with Gasteiger partial charge in [-0.05, 0) is 32.8 Å². The van der Waals surface area contributed by atoms with Gasteiger partial charge in [0, 0.05) is 58.3 Å². The Labute approximate surface area is 300 Å². The molecular formula is C38H56O13. The third-order valence-corrected chi connectivity index (χ3v) is 11.2. The first kappa shape index (κ1) is 40.3. The lowest BCUT2D eigenvalue weighted by molar-refractivity contribution is -0.248. The van der Waals surface area contributed by atoms with Gasteiger partial charge in [0.25, 0.3) is 0 Å². The minimum atomic E-state index is -1.53. The van der Waals surface area contributed by atoms with Gasteiger partial charge >= 0.3 is 35.8 Å². The van der Waals surface area contributed by atoms with Crippen LogP contribution in [0.3, 0.4) is 0 Å². The maximum absolute atomic E-state index is 13.4. The maximum atomic E-state index is 13.4. The third-order valence-electron chi connectivity index (χ3n) is 11.2. The van der Waals surface area contributed by atoms with E-state index in [1.165, 1.54) is 20.8 Å². The summed E-state index contributed by atoms with van der Waals surface area (Å²) < 4.78 is 42.8. The first-order valence-corrected chi connectivity index (χ1v) is 18.4. The van der Waals surface area contributed by atoms with Gasteiger partial charge in [0.15, 0.2) is 17.3 Å².